The minimum Gasteiger partial charge on any atom is -0.357 e. The number of amides is 1. The van der Waals surface area contributed by atoms with Crippen LogP contribution < -0.4 is 5.32 Å². The number of aryl methyl sites for hydroxylation is 1. The van der Waals surface area contributed by atoms with Gasteiger partial charge in [0.15, 0.2) is 15.5 Å². The van der Waals surface area contributed by atoms with Crippen molar-refractivity contribution in [2.45, 2.75) is 44.7 Å². The van der Waals surface area contributed by atoms with Crippen LogP contribution in [0.4, 0.5) is 0 Å². The Bertz CT molecular complexity index is 1480. The normalized spacial score (nSPS) is 20.0. The highest BCUT2D eigenvalue weighted by Crippen LogP contribution is 2.41. The summed E-state index contributed by atoms with van der Waals surface area (Å²) in [4.78, 5) is 21.5. The van der Waals surface area contributed by atoms with Crippen molar-refractivity contribution in [3.8, 4) is 0 Å². The second-order valence-electron chi connectivity index (χ2n) is 9.22. The van der Waals surface area contributed by atoms with Crippen molar-refractivity contribution in [1.29, 1.82) is 0 Å². The quantitative estimate of drug-likeness (QED) is 0.471. The Morgan fingerprint density at radius 2 is 2.03 bits per heavy atom. The summed E-state index contributed by atoms with van der Waals surface area (Å²) in [5.41, 5.74) is 4.73. The fourth-order valence-corrected chi connectivity index (χ4v) is 6.51. The molecule has 8 nitrogen and oxygen atoms in total. The SMILES string of the molecule is Cc1nn([C@@H]2CCS(=O)(=O)C2)c2nc(C3CC3)cc(C(=O)NCc3cc4ccccc4[nH]3)c12. The van der Waals surface area contributed by atoms with Gasteiger partial charge in [0.25, 0.3) is 5.91 Å². The molecular formula is C24H25N5O3S. The first-order valence-electron chi connectivity index (χ1n) is 11.3. The minimum absolute atomic E-state index is 0.0699. The van der Waals surface area contributed by atoms with Gasteiger partial charge in [-0.25, -0.2) is 18.1 Å². The third-order valence-corrected chi connectivity index (χ3v) is 8.43. The highest BCUT2D eigenvalue weighted by Gasteiger charge is 2.34. The maximum atomic E-state index is 13.3. The maximum Gasteiger partial charge on any atom is 0.252 e. The second kappa shape index (κ2) is 7.41. The predicted molar refractivity (Wildman–Crippen MR) is 126 cm³/mol. The number of carbonyl (C=O) groups excluding carboxylic acids is 1. The number of hydrogen-bond donors (Lipinski definition) is 2. The van der Waals surface area contributed by atoms with Gasteiger partial charge in [0.05, 0.1) is 40.7 Å². The summed E-state index contributed by atoms with van der Waals surface area (Å²) in [6.45, 7) is 2.24. The number of para-hydroxylation sites is 1. The molecule has 2 N–H and O–H groups in total. The van der Waals surface area contributed by atoms with Crippen LogP contribution in [0.15, 0.2) is 36.4 Å². The lowest BCUT2D eigenvalue weighted by molar-refractivity contribution is 0.0952. The molecule has 3 aromatic heterocycles. The van der Waals surface area contributed by atoms with Crippen LogP contribution in [0.3, 0.4) is 0 Å². The van der Waals surface area contributed by atoms with E-state index in [0.717, 1.165) is 35.1 Å². The molecule has 2 aliphatic rings. The molecule has 0 unspecified atom stereocenters. The summed E-state index contributed by atoms with van der Waals surface area (Å²) >= 11 is 0. The second-order valence-corrected chi connectivity index (χ2v) is 11.4. The third-order valence-electron chi connectivity index (χ3n) is 6.68. The highest BCUT2D eigenvalue weighted by molar-refractivity contribution is 7.91. The van der Waals surface area contributed by atoms with Gasteiger partial charge in [-0.3, -0.25) is 4.79 Å². The first-order valence-corrected chi connectivity index (χ1v) is 13.1. The average Bonchev–Trinajstić information content (AvgIpc) is 3.34. The van der Waals surface area contributed by atoms with E-state index in [1.54, 1.807) is 4.68 Å². The first kappa shape index (κ1) is 20.4. The van der Waals surface area contributed by atoms with Crippen molar-refractivity contribution in [2.75, 3.05) is 11.5 Å². The number of aromatic nitrogens is 4. The topological polar surface area (TPSA) is 110 Å². The number of hydrogen-bond acceptors (Lipinski definition) is 5. The van der Waals surface area contributed by atoms with E-state index in [9.17, 15) is 13.2 Å². The van der Waals surface area contributed by atoms with Crippen molar-refractivity contribution in [3.05, 3.63) is 59.0 Å². The van der Waals surface area contributed by atoms with Gasteiger partial charge in [0.1, 0.15) is 0 Å². The molecular weight excluding hydrogens is 438 g/mol. The summed E-state index contributed by atoms with van der Waals surface area (Å²) in [5, 5.41) is 9.51. The van der Waals surface area contributed by atoms with Crippen LogP contribution in [0.1, 0.15) is 58.7 Å². The molecule has 9 heteroatoms. The van der Waals surface area contributed by atoms with Crippen molar-refractivity contribution in [3.63, 3.8) is 0 Å². The van der Waals surface area contributed by atoms with Crippen LogP contribution in [0.25, 0.3) is 21.9 Å². The number of benzene rings is 1. The number of H-pyrrole nitrogens is 1. The molecule has 0 radical (unpaired) electrons. The molecule has 4 heterocycles. The Labute approximate surface area is 191 Å². The fourth-order valence-electron chi connectivity index (χ4n) is 4.82. The minimum atomic E-state index is -3.07. The Kier molecular flexibility index (Phi) is 4.58. The van der Waals surface area contributed by atoms with Gasteiger partial charge in [-0.05, 0) is 49.8 Å². The molecule has 1 amide bonds. The molecule has 0 spiro atoms. The number of sulfone groups is 1. The predicted octanol–water partition coefficient (Wildman–Crippen LogP) is 3.39. The Morgan fingerprint density at radius 3 is 2.76 bits per heavy atom. The highest BCUT2D eigenvalue weighted by atomic mass is 32.2. The molecule has 1 aliphatic heterocycles. The van der Waals surface area contributed by atoms with Crippen molar-refractivity contribution in [1.82, 2.24) is 25.1 Å². The Morgan fingerprint density at radius 1 is 1.21 bits per heavy atom. The molecule has 4 aromatic rings. The lowest BCUT2D eigenvalue weighted by Crippen LogP contribution is -2.23. The molecule has 0 bridgehead atoms. The molecule has 6 rings (SSSR count). The zero-order valence-electron chi connectivity index (χ0n) is 18.3. The summed E-state index contributed by atoms with van der Waals surface area (Å²) in [6.07, 6.45) is 2.63. The zero-order valence-corrected chi connectivity index (χ0v) is 19.2. The molecule has 1 atom stereocenters. The van der Waals surface area contributed by atoms with Crippen LogP contribution in [0.2, 0.25) is 0 Å². The van der Waals surface area contributed by atoms with Gasteiger partial charge in [-0.15, -0.1) is 0 Å². The summed E-state index contributed by atoms with van der Waals surface area (Å²) in [5.74, 6) is 0.411. The van der Waals surface area contributed by atoms with Crippen LogP contribution in [0.5, 0.6) is 0 Å². The number of fused-ring (bicyclic) bond motifs is 2. The molecule has 1 saturated heterocycles. The van der Waals surface area contributed by atoms with Crippen molar-refractivity contribution in [2.24, 2.45) is 0 Å². The van der Waals surface area contributed by atoms with Gasteiger partial charge in [0.2, 0.25) is 0 Å². The smallest absolute Gasteiger partial charge is 0.252 e. The van der Waals surface area contributed by atoms with E-state index < -0.39 is 9.84 Å². The zero-order chi connectivity index (χ0) is 22.7. The fraction of sp³-hybridized carbons (Fsp3) is 0.375. The number of pyridine rings is 1. The van der Waals surface area contributed by atoms with Gasteiger partial charge >= 0.3 is 0 Å². The lowest BCUT2D eigenvalue weighted by Gasteiger charge is -2.12. The number of carbonyl (C=O) groups is 1. The van der Waals surface area contributed by atoms with Crippen molar-refractivity contribution >= 4 is 37.7 Å². The summed E-state index contributed by atoms with van der Waals surface area (Å²) in [6, 6.07) is 11.7. The van der Waals surface area contributed by atoms with Gasteiger partial charge in [-0.1, -0.05) is 18.2 Å². The largest absolute Gasteiger partial charge is 0.357 e. The van der Waals surface area contributed by atoms with E-state index in [4.69, 9.17) is 4.98 Å². The summed E-state index contributed by atoms with van der Waals surface area (Å²) < 4.78 is 25.9. The van der Waals surface area contributed by atoms with E-state index in [1.807, 2.05) is 43.3 Å². The van der Waals surface area contributed by atoms with E-state index in [-0.39, 0.29) is 23.5 Å². The monoisotopic (exact) mass is 463 g/mol. The molecule has 33 heavy (non-hydrogen) atoms. The van der Waals surface area contributed by atoms with Crippen LogP contribution in [0, 0.1) is 6.92 Å². The summed E-state index contributed by atoms with van der Waals surface area (Å²) in [7, 11) is -3.07. The van der Waals surface area contributed by atoms with Crippen LogP contribution in [-0.2, 0) is 16.4 Å². The maximum absolute atomic E-state index is 13.3. The third kappa shape index (κ3) is 3.70. The Balaban J connectivity index is 1.36. The van der Waals surface area contributed by atoms with Gasteiger partial charge < -0.3 is 10.3 Å². The average molecular weight is 464 g/mol. The number of rotatable bonds is 5. The van der Waals surface area contributed by atoms with Crippen LogP contribution >= 0.6 is 0 Å². The van der Waals surface area contributed by atoms with E-state index in [0.29, 0.717) is 41.2 Å². The molecule has 2 fully saturated rings. The van der Waals surface area contributed by atoms with E-state index in [2.05, 4.69) is 15.4 Å². The Hall–Kier alpha value is -3.20. The number of aromatic amines is 1. The number of nitrogens with one attached hydrogen (secondary N) is 2. The first-order chi connectivity index (χ1) is 15.9. The lowest BCUT2D eigenvalue weighted by atomic mass is 10.1. The molecule has 170 valence electrons. The van der Waals surface area contributed by atoms with Gasteiger partial charge in [0, 0.05) is 22.8 Å². The van der Waals surface area contributed by atoms with Crippen molar-refractivity contribution < 1.29 is 13.2 Å². The van der Waals surface area contributed by atoms with E-state index in [1.165, 1.54) is 0 Å². The molecule has 1 aromatic carbocycles. The van der Waals surface area contributed by atoms with Gasteiger partial charge in [-0.2, -0.15) is 5.10 Å². The molecule has 1 aliphatic carbocycles. The number of nitrogens with zero attached hydrogens (tertiary/aromatic N) is 3. The molecule has 1 saturated carbocycles. The van der Waals surface area contributed by atoms with Crippen LogP contribution in [-0.4, -0.2) is 45.6 Å². The van der Waals surface area contributed by atoms with E-state index >= 15 is 0 Å². The standard InChI is InChI=1S/C24H25N5O3S/c1-14-22-19(24(30)25-12-17-10-16-4-2-3-5-20(16)26-17)11-21(15-6-7-15)27-23(22)29(28-14)18-8-9-33(31,32)13-18/h2-5,10-11,15,18,26H,6-9,12-13H2,1H3,(H,25,30)/t18-/m1/s1.